The maximum Gasteiger partial charge on any atom is 0.348 e. The molecule has 1 N–H and O–H groups in total. The predicted molar refractivity (Wildman–Crippen MR) is 47.3 cm³/mol. The third-order valence-electron chi connectivity index (χ3n) is 2.13. The van der Waals surface area contributed by atoms with E-state index in [0.717, 1.165) is 0 Å². The fourth-order valence-corrected chi connectivity index (χ4v) is 1.49. The maximum atomic E-state index is 11.2. The van der Waals surface area contributed by atoms with Crippen LogP contribution in [0.15, 0.2) is 35.4 Å². The molecule has 0 radical (unpaired) electrons. The highest BCUT2D eigenvalue weighted by atomic mass is 16.3. The minimum absolute atomic E-state index is 0.0452. The number of hydrogen-bond donors (Lipinski definition) is 1. The molecule has 0 amide bonds. The van der Waals surface area contributed by atoms with E-state index in [1.165, 1.54) is 10.8 Å². The molecular weight excluding hydrogens is 168 g/mol. The minimum atomic E-state index is -0.433. The van der Waals surface area contributed by atoms with E-state index in [2.05, 4.69) is 4.98 Å². The summed E-state index contributed by atoms with van der Waals surface area (Å²) in [7, 11) is 0. The quantitative estimate of drug-likeness (QED) is 0.621. The summed E-state index contributed by atoms with van der Waals surface area (Å²) in [4.78, 5) is 14.9. The molecule has 4 heteroatoms. The summed E-state index contributed by atoms with van der Waals surface area (Å²) in [6.07, 6.45) is 6.80. The van der Waals surface area contributed by atoms with E-state index >= 15 is 0 Å². The zero-order valence-corrected chi connectivity index (χ0v) is 7.00. The van der Waals surface area contributed by atoms with Crippen LogP contribution in [0.1, 0.15) is 12.5 Å². The molecular formula is C9H10N2O2. The van der Waals surface area contributed by atoms with Crippen LogP contribution < -0.4 is 5.69 Å². The second-order valence-electron chi connectivity index (χ2n) is 3.06. The van der Waals surface area contributed by atoms with Gasteiger partial charge in [-0.05, 0) is 6.07 Å². The van der Waals surface area contributed by atoms with Crippen molar-refractivity contribution in [3.05, 3.63) is 41.1 Å². The number of aromatic nitrogens is 2. The molecule has 0 spiro atoms. The lowest BCUT2D eigenvalue weighted by molar-refractivity contribution is 0.209. The van der Waals surface area contributed by atoms with Gasteiger partial charge in [-0.25, -0.2) is 9.78 Å². The van der Waals surface area contributed by atoms with Gasteiger partial charge in [0.2, 0.25) is 0 Å². The molecule has 1 aromatic rings. The molecule has 1 aliphatic carbocycles. The van der Waals surface area contributed by atoms with Gasteiger partial charge in [-0.15, -0.1) is 0 Å². The Labute approximate surface area is 75.2 Å². The van der Waals surface area contributed by atoms with Crippen LogP contribution in [0.25, 0.3) is 0 Å². The van der Waals surface area contributed by atoms with E-state index in [4.69, 9.17) is 0 Å². The Bertz CT molecular complexity index is 383. The molecule has 0 fully saturated rings. The highest BCUT2D eigenvalue weighted by molar-refractivity contribution is 5.06. The summed E-state index contributed by atoms with van der Waals surface area (Å²) in [6.45, 7) is 0. The summed E-state index contributed by atoms with van der Waals surface area (Å²) in [5, 5.41) is 9.23. The second-order valence-corrected chi connectivity index (χ2v) is 3.06. The second kappa shape index (κ2) is 3.14. The molecule has 1 heterocycles. The van der Waals surface area contributed by atoms with Gasteiger partial charge in [0.25, 0.3) is 0 Å². The fourth-order valence-electron chi connectivity index (χ4n) is 1.49. The highest BCUT2D eigenvalue weighted by Gasteiger charge is 2.18. The molecule has 1 aromatic heterocycles. The molecule has 4 nitrogen and oxygen atoms in total. The third kappa shape index (κ3) is 1.53. The number of aliphatic hydroxyl groups is 1. The van der Waals surface area contributed by atoms with Crippen LogP contribution in [-0.2, 0) is 0 Å². The van der Waals surface area contributed by atoms with Crippen LogP contribution in [-0.4, -0.2) is 20.8 Å². The average Bonchev–Trinajstić information content (AvgIpc) is 2.53. The molecule has 1 aliphatic rings. The van der Waals surface area contributed by atoms with Crippen LogP contribution in [0, 0.1) is 0 Å². The summed E-state index contributed by atoms with van der Waals surface area (Å²) < 4.78 is 1.52. The van der Waals surface area contributed by atoms with Crippen molar-refractivity contribution in [2.45, 2.75) is 18.6 Å². The monoisotopic (exact) mass is 178 g/mol. The Morgan fingerprint density at radius 2 is 2.38 bits per heavy atom. The van der Waals surface area contributed by atoms with Gasteiger partial charge in [-0.2, -0.15) is 0 Å². The zero-order chi connectivity index (χ0) is 9.26. The van der Waals surface area contributed by atoms with Gasteiger partial charge in [-0.1, -0.05) is 12.2 Å². The Balaban J connectivity index is 2.32. The van der Waals surface area contributed by atoms with E-state index < -0.39 is 6.10 Å². The van der Waals surface area contributed by atoms with Crippen molar-refractivity contribution in [2.75, 3.05) is 0 Å². The van der Waals surface area contributed by atoms with E-state index in [0.29, 0.717) is 6.42 Å². The summed E-state index contributed by atoms with van der Waals surface area (Å²) in [5.41, 5.74) is -0.272. The first-order valence-corrected chi connectivity index (χ1v) is 4.17. The lowest BCUT2D eigenvalue weighted by atomic mass is 10.2. The van der Waals surface area contributed by atoms with Gasteiger partial charge < -0.3 is 5.11 Å². The number of nitrogens with zero attached hydrogens (tertiary/aromatic N) is 2. The first kappa shape index (κ1) is 8.19. The highest BCUT2D eigenvalue weighted by Crippen LogP contribution is 2.20. The van der Waals surface area contributed by atoms with Crippen LogP contribution >= 0.6 is 0 Å². The van der Waals surface area contributed by atoms with Gasteiger partial charge >= 0.3 is 5.69 Å². The molecule has 0 bridgehead atoms. The molecule has 0 saturated heterocycles. The van der Waals surface area contributed by atoms with Crippen LogP contribution in [0.3, 0.4) is 0 Å². The van der Waals surface area contributed by atoms with E-state index in [-0.39, 0.29) is 11.7 Å². The first-order valence-electron chi connectivity index (χ1n) is 4.17. The number of allylic oxidation sites excluding steroid dienone is 1. The van der Waals surface area contributed by atoms with E-state index in [1.807, 2.05) is 6.08 Å². The normalized spacial score (nSPS) is 26.5. The van der Waals surface area contributed by atoms with Crippen LogP contribution in [0.4, 0.5) is 0 Å². The average molecular weight is 178 g/mol. The van der Waals surface area contributed by atoms with E-state index in [1.54, 1.807) is 18.3 Å². The molecule has 2 atom stereocenters. The van der Waals surface area contributed by atoms with Gasteiger partial charge in [0.1, 0.15) is 0 Å². The Kier molecular flexibility index (Phi) is 1.98. The molecule has 13 heavy (non-hydrogen) atoms. The van der Waals surface area contributed by atoms with Crippen molar-refractivity contribution in [1.29, 1.82) is 0 Å². The lowest BCUT2D eigenvalue weighted by Gasteiger charge is -2.10. The zero-order valence-electron chi connectivity index (χ0n) is 7.00. The van der Waals surface area contributed by atoms with Crippen molar-refractivity contribution in [3.8, 4) is 0 Å². The number of hydrogen-bond acceptors (Lipinski definition) is 3. The Morgan fingerprint density at radius 3 is 3.00 bits per heavy atom. The number of rotatable bonds is 1. The first-order chi connectivity index (χ1) is 6.27. The Hall–Kier alpha value is -1.42. The van der Waals surface area contributed by atoms with Gasteiger partial charge in [-0.3, -0.25) is 4.57 Å². The topological polar surface area (TPSA) is 55.1 Å². The smallest absolute Gasteiger partial charge is 0.348 e. The van der Waals surface area contributed by atoms with Crippen molar-refractivity contribution in [1.82, 2.24) is 9.55 Å². The summed E-state index contributed by atoms with van der Waals surface area (Å²) >= 11 is 0. The van der Waals surface area contributed by atoms with Gasteiger partial charge in [0.15, 0.2) is 0 Å². The molecule has 0 unspecified atom stereocenters. The third-order valence-corrected chi connectivity index (χ3v) is 2.13. The van der Waals surface area contributed by atoms with Crippen molar-refractivity contribution >= 4 is 0 Å². The summed E-state index contributed by atoms with van der Waals surface area (Å²) in [5.74, 6) is 0. The van der Waals surface area contributed by atoms with Crippen LogP contribution in [0.5, 0.6) is 0 Å². The summed E-state index contributed by atoms with van der Waals surface area (Å²) in [6, 6.07) is 1.66. The van der Waals surface area contributed by atoms with Gasteiger partial charge in [0, 0.05) is 18.8 Å². The van der Waals surface area contributed by atoms with Crippen molar-refractivity contribution < 1.29 is 5.11 Å². The SMILES string of the molecule is O=c1ncccn1[C@@H]1C=C[C@H](O)C1. The van der Waals surface area contributed by atoms with Gasteiger partial charge in [0.05, 0.1) is 12.1 Å². The van der Waals surface area contributed by atoms with Crippen molar-refractivity contribution in [2.24, 2.45) is 0 Å². The predicted octanol–water partition coefficient (Wildman–Crippen LogP) is 0.105. The van der Waals surface area contributed by atoms with Crippen LogP contribution in [0.2, 0.25) is 0 Å². The molecule has 2 rings (SSSR count). The fraction of sp³-hybridized carbons (Fsp3) is 0.333. The molecule has 0 aliphatic heterocycles. The van der Waals surface area contributed by atoms with E-state index in [9.17, 15) is 9.90 Å². The molecule has 0 saturated carbocycles. The Morgan fingerprint density at radius 1 is 1.54 bits per heavy atom. The minimum Gasteiger partial charge on any atom is -0.389 e. The standard InChI is InChI=1S/C9H10N2O2/c12-8-3-2-7(6-8)11-5-1-4-10-9(11)13/h1-5,7-8,12H,6H2/t7-,8+/m1/s1. The maximum absolute atomic E-state index is 11.2. The number of aliphatic hydroxyl groups excluding tert-OH is 1. The molecule has 0 aromatic carbocycles. The largest absolute Gasteiger partial charge is 0.389 e. The van der Waals surface area contributed by atoms with Crippen molar-refractivity contribution in [3.63, 3.8) is 0 Å². The molecule has 68 valence electrons. The lowest BCUT2D eigenvalue weighted by Crippen LogP contribution is -2.24.